The Morgan fingerprint density at radius 2 is 1.86 bits per heavy atom. The number of carbonyl (C=O) groups is 4. The summed E-state index contributed by atoms with van der Waals surface area (Å²) < 4.78 is 20.1. The summed E-state index contributed by atoms with van der Waals surface area (Å²) in [4.78, 5) is 51.0. The van der Waals surface area contributed by atoms with Gasteiger partial charge < -0.3 is 14.7 Å². The first-order chi connectivity index (χ1) is 13.8. The van der Waals surface area contributed by atoms with Crippen molar-refractivity contribution < 1.29 is 33.4 Å². The van der Waals surface area contributed by atoms with Crippen LogP contribution in [0.15, 0.2) is 23.3 Å². The summed E-state index contributed by atoms with van der Waals surface area (Å²) in [5.74, 6) is -3.93. The van der Waals surface area contributed by atoms with Crippen molar-refractivity contribution in [3.8, 4) is 5.75 Å². The van der Waals surface area contributed by atoms with Crippen molar-refractivity contribution in [3.05, 3.63) is 29.1 Å². The highest BCUT2D eigenvalue weighted by molar-refractivity contribution is 6.22. The van der Waals surface area contributed by atoms with Gasteiger partial charge >= 0.3 is 5.97 Å². The molecule has 0 spiro atoms. The van der Waals surface area contributed by atoms with Gasteiger partial charge in [-0.05, 0) is 38.7 Å². The maximum Gasteiger partial charge on any atom is 0.332 e. The number of fused-ring (bicyclic) bond motifs is 1. The van der Waals surface area contributed by atoms with E-state index in [1.165, 1.54) is 11.0 Å². The number of nitrogens with zero attached hydrogens (tertiary/aromatic N) is 2. The van der Waals surface area contributed by atoms with Crippen LogP contribution in [0.4, 0.5) is 15.8 Å². The molecule has 0 atom stereocenters. The number of amides is 3. The molecule has 0 unspecified atom stereocenters. The largest absolute Gasteiger partial charge is 0.481 e. The van der Waals surface area contributed by atoms with Gasteiger partial charge in [0.15, 0.2) is 12.4 Å². The highest BCUT2D eigenvalue weighted by Gasteiger charge is 2.33. The molecule has 3 amide bonds. The fourth-order valence-corrected chi connectivity index (χ4v) is 3.66. The van der Waals surface area contributed by atoms with Gasteiger partial charge in [0.05, 0.1) is 11.4 Å². The van der Waals surface area contributed by atoms with Crippen LogP contribution in [0.1, 0.15) is 39.5 Å². The normalized spacial score (nSPS) is 16.2. The average Bonchev–Trinajstić information content (AvgIpc) is 2.68. The molecule has 1 aromatic carbocycles. The molecular weight excluding hydrogens is 383 g/mol. The van der Waals surface area contributed by atoms with Crippen LogP contribution in [0, 0.1) is 5.82 Å². The SMILES string of the molecule is CCN1C(=O)COc2cc(F)c(N(C(C)=O)C(=O)C3=C(C(=O)O)CCCC3)cc21. The quantitative estimate of drug-likeness (QED) is 0.826. The van der Waals surface area contributed by atoms with E-state index >= 15 is 0 Å². The van der Waals surface area contributed by atoms with E-state index in [2.05, 4.69) is 0 Å². The van der Waals surface area contributed by atoms with E-state index in [-0.39, 0.29) is 53.6 Å². The van der Waals surface area contributed by atoms with Crippen molar-refractivity contribution in [2.75, 3.05) is 23.0 Å². The lowest BCUT2D eigenvalue weighted by molar-refractivity contribution is -0.133. The van der Waals surface area contributed by atoms with E-state index in [0.717, 1.165) is 13.0 Å². The van der Waals surface area contributed by atoms with Crippen LogP contribution in [0.5, 0.6) is 5.75 Å². The molecule has 0 aromatic heterocycles. The second kappa shape index (κ2) is 8.02. The van der Waals surface area contributed by atoms with Gasteiger partial charge in [-0.15, -0.1) is 0 Å². The number of rotatable bonds is 4. The third kappa shape index (κ3) is 3.72. The van der Waals surface area contributed by atoms with Crippen molar-refractivity contribution >= 4 is 35.1 Å². The predicted molar refractivity (Wildman–Crippen MR) is 101 cm³/mol. The number of ether oxygens (including phenoxy) is 1. The number of aliphatic carboxylic acids is 1. The molecule has 9 heteroatoms. The van der Waals surface area contributed by atoms with Crippen LogP contribution in [0.3, 0.4) is 0 Å². The zero-order valence-electron chi connectivity index (χ0n) is 16.2. The smallest absolute Gasteiger partial charge is 0.332 e. The van der Waals surface area contributed by atoms with E-state index in [1.807, 2.05) is 0 Å². The molecule has 3 rings (SSSR count). The van der Waals surface area contributed by atoms with Gasteiger partial charge in [-0.2, -0.15) is 0 Å². The number of benzene rings is 1. The Morgan fingerprint density at radius 3 is 2.45 bits per heavy atom. The summed E-state index contributed by atoms with van der Waals surface area (Å²) >= 11 is 0. The molecule has 1 N–H and O–H groups in total. The average molecular weight is 404 g/mol. The Kier molecular flexibility index (Phi) is 5.67. The summed E-state index contributed by atoms with van der Waals surface area (Å²) in [6, 6.07) is 2.24. The standard InChI is InChI=1S/C20H21FN2O6/c1-3-22-16-9-15(14(21)8-17(16)29-10-18(22)25)23(11(2)24)19(26)12-6-4-5-7-13(12)20(27)28/h8-9H,3-7,10H2,1-2H3,(H,27,28). The molecular formula is C20H21FN2O6. The van der Waals surface area contributed by atoms with Crippen molar-refractivity contribution in [1.82, 2.24) is 0 Å². The van der Waals surface area contributed by atoms with Crippen LogP contribution in [-0.2, 0) is 19.2 Å². The third-order valence-electron chi connectivity index (χ3n) is 5.03. The number of carboxylic acids is 1. The molecule has 0 saturated carbocycles. The van der Waals surface area contributed by atoms with Crippen LogP contribution in [-0.4, -0.2) is 41.9 Å². The number of imide groups is 1. The van der Waals surface area contributed by atoms with Gasteiger partial charge in [0, 0.05) is 30.7 Å². The number of halogens is 1. The Hall–Kier alpha value is -3.23. The number of hydrogen-bond acceptors (Lipinski definition) is 5. The van der Waals surface area contributed by atoms with Gasteiger partial charge in [-0.25, -0.2) is 14.1 Å². The van der Waals surface area contributed by atoms with E-state index in [0.29, 0.717) is 24.3 Å². The minimum absolute atomic E-state index is 0.00394. The number of hydrogen-bond donors (Lipinski definition) is 1. The van der Waals surface area contributed by atoms with Gasteiger partial charge in [0.1, 0.15) is 5.75 Å². The van der Waals surface area contributed by atoms with Gasteiger partial charge in [-0.1, -0.05) is 0 Å². The third-order valence-corrected chi connectivity index (χ3v) is 5.03. The molecule has 1 aliphatic carbocycles. The summed E-state index contributed by atoms with van der Waals surface area (Å²) in [5.41, 5.74) is -0.161. The van der Waals surface area contributed by atoms with E-state index < -0.39 is 23.6 Å². The molecule has 154 valence electrons. The van der Waals surface area contributed by atoms with Crippen molar-refractivity contribution in [3.63, 3.8) is 0 Å². The molecule has 0 radical (unpaired) electrons. The molecule has 1 aromatic rings. The van der Waals surface area contributed by atoms with Gasteiger partial charge in [-0.3, -0.25) is 14.4 Å². The molecule has 1 aliphatic heterocycles. The number of carboxylic acid groups (broad SMARTS) is 1. The van der Waals surface area contributed by atoms with Crippen LogP contribution < -0.4 is 14.5 Å². The van der Waals surface area contributed by atoms with Crippen molar-refractivity contribution in [2.45, 2.75) is 39.5 Å². The zero-order valence-corrected chi connectivity index (χ0v) is 16.2. The summed E-state index contributed by atoms with van der Waals surface area (Å²) in [6.45, 7) is 2.89. The minimum atomic E-state index is -1.22. The maximum absolute atomic E-state index is 14.8. The fourth-order valence-electron chi connectivity index (χ4n) is 3.66. The Morgan fingerprint density at radius 1 is 1.21 bits per heavy atom. The topological polar surface area (TPSA) is 104 Å². The lowest BCUT2D eigenvalue weighted by atomic mass is 9.90. The molecule has 0 saturated heterocycles. The van der Waals surface area contributed by atoms with Crippen LogP contribution in [0.2, 0.25) is 0 Å². The van der Waals surface area contributed by atoms with E-state index in [9.17, 15) is 28.7 Å². The molecule has 0 fully saturated rings. The summed E-state index contributed by atoms with van der Waals surface area (Å²) in [6.07, 6.45) is 1.62. The first-order valence-electron chi connectivity index (χ1n) is 9.33. The molecule has 29 heavy (non-hydrogen) atoms. The molecule has 8 nitrogen and oxygen atoms in total. The molecule has 2 aliphatic rings. The van der Waals surface area contributed by atoms with Gasteiger partial charge in [0.25, 0.3) is 11.8 Å². The maximum atomic E-state index is 14.8. The Labute approximate surface area is 166 Å². The first kappa shape index (κ1) is 20.5. The predicted octanol–water partition coefficient (Wildman–Crippen LogP) is 2.41. The lowest BCUT2D eigenvalue weighted by Gasteiger charge is -2.30. The van der Waals surface area contributed by atoms with Gasteiger partial charge in [0.2, 0.25) is 5.91 Å². The van der Waals surface area contributed by atoms with E-state index in [4.69, 9.17) is 4.74 Å². The highest BCUT2D eigenvalue weighted by Crippen LogP contribution is 2.38. The second-order valence-corrected chi connectivity index (χ2v) is 6.83. The number of likely N-dealkylation sites (N-methyl/N-ethyl adjacent to an activating group) is 1. The minimum Gasteiger partial charge on any atom is -0.481 e. The monoisotopic (exact) mass is 404 g/mol. The second-order valence-electron chi connectivity index (χ2n) is 6.83. The van der Waals surface area contributed by atoms with E-state index in [1.54, 1.807) is 6.92 Å². The van der Waals surface area contributed by atoms with Crippen molar-refractivity contribution in [1.29, 1.82) is 0 Å². The van der Waals surface area contributed by atoms with Crippen LogP contribution in [0.25, 0.3) is 0 Å². The van der Waals surface area contributed by atoms with Crippen LogP contribution >= 0.6 is 0 Å². The summed E-state index contributed by atoms with van der Waals surface area (Å²) in [7, 11) is 0. The number of carbonyl (C=O) groups excluding carboxylic acids is 3. The Balaban J connectivity index is 2.12. The molecule has 0 bridgehead atoms. The van der Waals surface area contributed by atoms with Crippen molar-refractivity contribution in [2.24, 2.45) is 0 Å². The Bertz CT molecular complexity index is 939. The fraction of sp³-hybridized carbons (Fsp3) is 0.400. The molecule has 1 heterocycles. The highest BCUT2D eigenvalue weighted by atomic mass is 19.1. The zero-order chi connectivity index (χ0) is 21.3. The lowest BCUT2D eigenvalue weighted by Crippen LogP contribution is -2.40. The first-order valence-corrected chi connectivity index (χ1v) is 9.33. The summed E-state index contributed by atoms with van der Waals surface area (Å²) in [5, 5.41) is 9.41. The number of anilines is 2.